The SMILES string of the molecule is O=C(CSc1ccccc1)NCC1CNCCO1. The second-order valence-corrected chi connectivity index (χ2v) is 5.15. The van der Waals surface area contributed by atoms with Gasteiger partial charge in [0.25, 0.3) is 0 Å². The van der Waals surface area contributed by atoms with Crippen molar-refractivity contribution in [1.82, 2.24) is 10.6 Å². The van der Waals surface area contributed by atoms with Crippen molar-refractivity contribution in [3.8, 4) is 0 Å². The fourth-order valence-electron chi connectivity index (χ4n) is 1.70. The second-order valence-electron chi connectivity index (χ2n) is 4.10. The van der Waals surface area contributed by atoms with E-state index in [0.717, 1.165) is 24.6 Å². The fraction of sp³-hybridized carbons (Fsp3) is 0.462. The Bertz CT molecular complexity index is 367. The van der Waals surface area contributed by atoms with E-state index in [1.807, 2.05) is 30.3 Å². The van der Waals surface area contributed by atoms with E-state index in [1.54, 1.807) is 11.8 Å². The van der Waals surface area contributed by atoms with Crippen LogP contribution in [0.4, 0.5) is 0 Å². The number of ether oxygens (including phenoxy) is 1. The number of hydrogen-bond donors (Lipinski definition) is 2. The van der Waals surface area contributed by atoms with Gasteiger partial charge in [-0.05, 0) is 12.1 Å². The summed E-state index contributed by atoms with van der Waals surface area (Å²) in [6.45, 7) is 3.01. The average molecular weight is 266 g/mol. The molecule has 0 spiro atoms. The predicted molar refractivity (Wildman–Crippen MR) is 72.8 cm³/mol. The molecule has 1 amide bonds. The molecule has 1 aromatic rings. The van der Waals surface area contributed by atoms with E-state index in [9.17, 15) is 4.79 Å². The Morgan fingerprint density at radius 2 is 2.28 bits per heavy atom. The molecule has 1 aromatic carbocycles. The lowest BCUT2D eigenvalue weighted by Crippen LogP contribution is -2.45. The molecular weight excluding hydrogens is 248 g/mol. The number of carbonyl (C=O) groups excluding carboxylic acids is 1. The largest absolute Gasteiger partial charge is 0.374 e. The van der Waals surface area contributed by atoms with Crippen LogP contribution in [0.1, 0.15) is 0 Å². The molecule has 1 aliphatic heterocycles. The van der Waals surface area contributed by atoms with Gasteiger partial charge in [0.1, 0.15) is 0 Å². The molecule has 1 aliphatic rings. The summed E-state index contributed by atoms with van der Waals surface area (Å²) in [4.78, 5) is 12.8. The zero-order chi connectivity index (χ0) is 12.6. The number of thioether (sulfide) groups is 1. The monoisotopic (exact) mass is 266 g/mol. The van der Waals surface area contributed by atoms with Crippen LogP contribution in [0.5, 0.6) is 0 Å². The van der Waals surface area contributed by atoms with Gasteiger partial charge in [-0.25, -0.2) is 0 Å². The summed E-state index contributed by atoms with van der Waals surface area (Å²) in [5.41, 5.74) is 0. The van der Waals surface area contributed by atoms with Gasteiger partial charge in [-0.3, -0.25) is 4.79 Å². The van der Waals surface area contributed by atoms with Crippen molar-refractivity contribution in [2.45, 2.75) is 11.0 Å². The van der Waals surface area contributed by atoms with Crippen molar-refractivity contribution < 1.29 is 9.53 Å². The van der Waals surface area contributed by atoms with Gasteiger partial charge in [0.15, 0.2) is 0 Å². The van der Waals surface area contributed by atoms with E-state index in [1.165, 1.54) is 0 Å². The van der Waals surface area contributed by atoms with Crippen molar-refractivity contribution in [3.63, 3.8) is 0 Å². The Hall–Kier alpha value is -1.04. The molecule has 1 unspecified atom stereocenters. The summed E-state index contributed by atoms with van der Waals surface area (Å²) in [5, 5.41) is 6.13. The third-order valence-corrected chi connectivity index (χ3v) is 3.66. The topological polar surface area (TPSA) is 50.4 Å². The van der Waals surface area contributed by atoms with Gasteiger partial charge < -0.3 is 15.4 Å². The predicted octanol–water partition coefficient (Wildman–Crippen LogP) is 0.883. The van der Waals surface area contributed by atoms with Crippen molar-refractivity contribution >= 4 is 17.7 Å². The van der Waals surface area contributed by atoms with Crippen molar-refractivity contribution in [3.05, 3.63) is 30.3 Å². The molecule has 98 valence electrons. The van der Waals surface area contributed by atoms with Crippen LogP contribution < -0.4 is 10.6 Å². The lowest BCUT2D eigenvalue weighted by molar-refractivity contribution is -0.119. The van der Waals surface area contributed by atoms with Gasteiger partial charge in [-0.1, -0.05) is 18.2 Å². The maximum Gasteiger partial charge on any atom is 0.230 e. The first-order valence-electron chi connectivity index (χ1n) is 6.11. The maximum atomic E-state index is 11.7. The van der Waals surface area contributed by atoms with E-state index in [0.29, 0.717) is 12.3 Å². The molecule has 1 atom stereocenters. The average Bonchev–Trinajstić information content (AvgIpc) is 2.45. The highest BCUT2D eigenvalue weighted by molar-refractivity contribution is 8.00. The van der Waals surface area contributed by atoms with E-state index < -0.39 is 0 Å². The number of benzene rings is 1. The van der Waals surface area contributed by atoms with Crippen LogP contribution >= 0.6 is 11.8 Å². The van der Waals surface area contributed by atoms with Gasteiger partial charge in [0.2, 0.25) is 5.91 Å². The molecule has 2 rings (SSSR count). The normalized spacial score (nSPS) is 19.4. The number of morpholine rings is 1. The molecular formula is C13H18N2O2S. The number of nitrogens with one attached hydrogen (secondary N) is 2. The van der Waals surface area contributed by atoms with E-state index in [4.69, 9.17) is 4.74 Å². The lowest BCUT2D eigenvalue weighted by Gasteiger charge is -2.23. The van der Waals surface area contributed by atoms with Crippen molar-refractivity contribution in [2.24, 2.45) is 0 Å². The van der Waals surface area contributed by atoms with Crippen molar-refractivity contribution in [2.75, 3.05) is 32.0 Å². The molecule has 0 aliphatic carbocycles. The van der Waals surface area contributed by atoms with Gasteiger partial charge in [0, 0.05) is 24.5 Å². The Morgan fingerprint density at radius 1 is 1.44 bits per heavy atom. The summed E-state index contributed by atoms with van der Waals surface area (Å²) in [6, 6.07) is 9.93. The first-order chi connectivity index (χ1) is 8.84. The van der Waals surface area contributed by atoms with Crippen LogP contribution in [0.25, 0.3) is 0 Å². The van der Waals surface area contributed by atoms with Crippen LogP contribution in [-0.4, -0.2) is 44.0 Å². The third kappa shape index (κ3) is 4.68. The molecule has 5 heteroatoms. The van der Waals surface area contributed by atoms with Crippen LogP contribution in [0.15, 0.2) is 35.2 Å². The summed E-state index contributed by atoms with van der Waals surface area (Å²) in [7, 11) is 0. The highest BCUT2D eigenvalue weighted by Crippen LogP contribution is 2.16. The molecule has 1 saturated heterocycles. The number of carbonyl (C=O) groups is 1. The smallest absolute Gasteiger partial charge is 0.230 e. The van der Waals surface area contributed by atoms with Crippen LogP contribution in [0, 0.1) is 0 Å². The minimum Gasteiger partial charge on any atom is -0.374 e. The molecule has 0 bridgehead atoms. The number of amides is 1. The Balaban J connectivity index is 1.63. The third-order valence-electron chi connectivity index (χ3n) is 2.64. The highest BCUT2D eigenvalue weighted by atomic mass is 32.2. The van der Waals surface area contributed by atoms with E-state index >= 15 is 0 Å². The number of hydrogen-bond acceptors (Lipinski definition) is 4. The van der Waals surface area contributed by atoms with E-state index in [2.05, 4.69) is 10.6 Å². The van der Waals surface area contributed by atoms with Crippen LogP contribution in [-0.2, 0) is 9.53 Å². The second kappa shape index (κ2) is 7.41. The quantitative estimate of drug-likeness (QED) is 0.777. The summed E-state index contributed by atoms with van der Waals surface area (Å²) >= 11 is 1.55. The maximum absolute atomic E-state index is 11.7. The minimum atomic E-state index is 0.0537. The summed E-state index contributed by atoms with van der Waals surface area (Å²) in [6.07, 6.45) is 0.101. The minimum absolute atomic E-state index is 0.0537. The first kappa shape index (κ1) is 13.4. The zero-order valence-corrected chi connectivity index (χ0v) is 11.0. The standard InChI is InChI=1S/C13H18N2O2S/c16-13(10-18-12-4-2-1-3-5-12)15-9-11-8-14-6-7-17-11/h1-5,11,14H,6-10H2,(H,15,16). The summed E-state index contributed by atoms with van der Waals surface area (Å²) in [5.74, 6) is 0.502. The Labute approximate surface area is 111 Å². The van der Waals surface area contributed by atoms with Crippen LogP contribution in [0.3, 0.4) is 0 Å². The highest BCUT2D eigenvalue weighted by Gasteiger charge is 2.14. The molecule has 18 heavy (non-hydrogen) atoms. The Morgan fingerprint density at radius 3 is 3.00 bits per heavy atom. The van der Waals surface area contributed by atoms with Gasteiger partial charge in [-0.15, -0.1) is 11.8 Å². The molecule has 2 N–H and O–H groups in total. The molecule has 1 heterocycles. The lowest BCUT2D eigenvalue weighted by atomic mass is 10.3. The van der Waals surface area contributed by atoms with Gasteiger partial charge in [-0.2, -0.15) is 0 Å². The molecule has 1 fully saturated rings. The van der Waals surface area contributed by atoms with Crippen LogP contribution in [0.2, 0.25) is 0 Å². The van der Waals surface area contributed by atoms with Gasteiger partial charge >= 0.3 is 0 Å². The van der Waals surface area contributed by atoms with Gasteiger partial charge in [0.05, 0.1) is 18.5 Å². The van der Waals surface area contributed by atoms with E-state index in [-0.39, 0.29) is 12.0 Å². The molecule has 4 nitrogen and oxygen atoms in total. The number of rotatable bonds is 5. The molecule has 0 saturated carbocycles. The zero-order valence-electron chi connectivity index (χ0n) is 10.2. The summed E-state index contributed by atoms with van der Waals surface area (Å²) < 4.78 is 5.51. The molecule has 0 aromatic heterocycles. The Kier molecular flexibility index (Phi) is 5.51. The molecule has 0 radical (unpaired) electrons. The first-order valence-corrected chi connectivity index (χ1v) is 7.10. The fourth-order valence-corrected chi connectivity index (χ4v) is 2.44. The van der Waals surface area contributed by atoms with Crippen molar-refractivity contribution in [1.29, 1.82) is 0 Å².